The van der Waals surface area contributed by atoms with Crippen LogP contribution in [0.5, 0.6) is 0 Å². The van der Waals surface area contributed by atoms with E-state index in [2.05, 4.69) is 41.4 Å². The highest BCUT2D eigenvalue weighted by Gasteiger charge is 2.38. The van der Waals surface area contributed by atoms with Crippen molar-refractivity contribution in [2.24, 2.45) is 0 Å². The number of aromatic carboxylic acids is 1. The number of carboxylic acids is 2. The first-order valence-electron chi connectivity index (χ1n) is 11.4. The molecule has 1 saturated heterocycles. The summed E-state index contributed by atoms with van der Waals surface area (Å²) in [6.07, 6.45) is -4.09. The van der Waals surface area contributed by atoms with Gasteiger partial charge < -0.3 is 20.4 Å². The third-order valence-electron chi connectivity index (χ3n) is 5.90. The molecule has 1 aliphatic rings. The molecule has 3 aromatic rings. The number of nitrogens with one attached hydrogen (secondary N) is 1. The fourth-order valence-corrected chi connectivity index (χ4v) is 4.00. The largest absolute Gasteiger partial charge is 0.490 e. The van der Waals surface area contributed by atoms with Gasteiger partial charge in [-0.15, -0.1) is 0 Å². The van der Waals surface area contributed by atoms with Gasteiger partial charge in [0.15, 0.2) is 0 Å². The van der Waals surface area contributed by atoms with Gasteiger partial charge in [0.2, 0.25) is 0 Å². The maximum absolute atomic E-state index is 13.1. The second-order valence-electron chi connectivity index (χ2n) is 8.64. The molecule has 7 nitrogen and oxygen atoms in total. The molecule has 4 rings (SSSR count). The Morgan fingerprint density at radius 1 is 0.974 bits per heavy atom. The molecule has 1 aliphatic heterocycles. The summed E-state index contributed by atoms with van der Waals surface area (Å²) in [5.41, 5.74) is 3.82. The van der Waals surface area contributed by atoms with Gasteiger partial charge in [-0.25, -0.2) is 14.0 Å². The van der Waals surface area contributed by atoms with Crippen molar-refractivity contribution in [3.05, 3.63) is 94.8 Å². The smallest absolute Gasteiger partial charge is 0.478 e. The molecule has 1 fully saturated rings. The first-order valence-corrected chi connectivity index (χ1v) is 11.4. The Kier molecular flexibility index (Phi) is 8.72. The lowest BCUT2D eigenvalue weighted by Gasteiger charge is -2.20. The van der Waals surface area contributed by atoms with Gasteiger partial charge in [-0.2, -0.15) is 13.2 Å². The van der Waals surface area contributed by atoms with E-state index >= 15 is 0 Å². The average Bonchev–Trinajstić information content (AvgIpc) is 3.35. The van der Waals surface area contributed by atoms with Crippen LogP contribution in [0.4, 0.5) is 28.9 Å². The van der Waals surface area contributed by atoms with Crippen LogP contribution in [0.3, 0.4) is 0 Å². The van der Waals surface area contributed by atoms with Crippen LogP contribution in [-0.4, -0.2) is 47.3 Å². The molecule has 0 bridgehead atoms. The van der Waals surface area contributed by atoms with Gasteiger partial charge in [0.25, 0.3) is 5.91 Å². The summed E-state index contributed by atoms with van der Waals surface area (Å²) in [5, 5.41) is 19.4. The Bertz CT molecular complexity index is 1330. The zero-order valence-corrected chi connectivity index (χ0v) is 20.1. The minimum atomic E-state index is -5.08. The van der Waals surface area contributed by atoms with Crippen molar-refractivity contribution >= 4 is 29.2 Å². The minimum absolute atomic E-state index is 0.0203. The predicted molar refractivity (Wildman–Crippen MR) is 132 cm³/mol. The third-order valence-corrected chi connectivity index (χ3v) is 5.90. The van der Waals surface area contributed by atoms with Crippen molar-refractivity contribution in [3.63, 3.8) is 0 Å². The molecule has 1 atom stereocenters. The topological polar surface area (TPSA) is 107 Å². The van der Waals surface area contributed by atoms with Crippen LogP contribution in [0.25, 0.3) is 0 Å². The highest BCUT2D eigenvalue weighted by Crippen LogP contribution is 2.33. The van der Waals surface area contributed by atoms with Crippen molar-refractivity contribution in [2.45, 2.75) is 25.4 Å². The lowest BCUT2D eigenvalue weighted by atomic mass is 9.97. The summed E-state index contributed by atoms with van der Waals surface area (Å²) in [5.74, 6) is -4.41. The second-order valence-corrected chi connectivity index (χ2v) is 8.64. The first kappa shape index (κ1) is 28.2. The van der Waals surface area contributed by atoms with Gasteiger partial charge in [0, 0.05) is 30.3 Å². The van der Waals surface area contributed by atoms with Crippen molar-refractivity contribution in [2.75, 3.05) is 23.3 Å². The van der Waals surface area contributed by atoms with E-state index in [-0.39, 0.29) is 16.8 Å². The van der Waals surface area contributed by atoms with Crippen molar-refractivity contribution in [1.29, 1.82) is 0 Å². The predicted octanol–water partition coefficient (Wildman–Crippen LogP) is 5.71. The lowest BCUT2D eigenvalue weighted by Crippen LogP contribution is -2.21. The van der Waals surface area contributed by atoms with Crippen LogP contribution < -0.4 is 10.2 Å². The zero-order valence-electron chi connectivity index (χ0n) is 20.1. The monoisotopic (exact) mass is 532 g/mol. The quantitative estimate of drug-likeness (QED) is 0.364. The molecule has 3 aromatic carbocycles. The summed E-state index contributed by atoms with van der Waals surface area (Å²) < 4.78 is 44.8. The molecule has 38 heavy (non-hydrogen) atoms. The number of alkyl halides is 3. The van der Waals surface area contributed by atoms with Crippen LogP contribution in [-0.2, 0) is 4.79 Å². The number of amides is 1. The molecule has 200 valence electrons. The molecule has 1 unspecified atom stereocenters. The van der Waals surface area contributed by atoms with Gasteiger partial charge in [0.1, 0.15) is 5.82 Å². The number of aliphatic carboxylic acids is 1. The molecule has 3 N–H and O–H groups in total. The van der Waals surface area contributed by atoms with Crippen molar-refractivity contribution in [1.82, 2.24) is 0 Å². The van der Waals surface area contributed by atoms with E-state index in [1.165, 1.54) is 35.4 Å². The SMILES string of the molecule is Cc1cccc(C2CCN(c3ccc(NC(=O)c4ccc(F)cc4)c(C(=O)O)c3)C2)c1.O=C(O)C(F)(F)F. The lowest BCUT2D eigenvalue weighted by molar-refractivity contribution is -0.192. The molecule has 1 heterocycles. The maximum Gasteiger partial charge on any atom is 0.490 e. The Hall–Kier alpha value is -4.41. The van der Waals surface area contributed by atoms with E-state index < -0.39 is 29.8 Å². The van der Waals surface area contributed by atoms with Gasteiger partial charge in [-0.1, -0.05) is 29.8 Å². The maximum atomic E-state index is 13.1. The van der Waals surface area contributed by atoms with Gasteiger partial charge in [-0.05, 0) is 61.4 Å². The Morgan fingerprint density at radius 2 is 1.63 bits per heavy atom. The van der Waals surface area contributed by atoms with Gasteiger partial charge in [0.05, 0.1) is 11.3 Å². The van der Waals surface area contributed by atoms with E-state index in [4.69, 9.17) is 9.90 Å². The van der Waals surface area contributed by atoms with E-state index in [1.807, 2.05) is 6.07 Å². The van der Waals surface area contributed by atoms with Crippen LogP contribution in [0.2, 0.25) is 0 Å². The van der Waals surface area contributed by atoms with E-state index in [0.717, 1.165) is 25.2 Å². The summed E-state index contributed by atoms with van der Waals surface area (Å²) in [6, 6.07) is 18.6. The summed E-state index contributed by atoms with van der Waals surface area (Å²) >= 11 is 0. The molecule has 11 heteroatoms. The highest BCUT2D eigenvalue weighted by atomic mass is 19.4. The molecule has 1 amide bonds. The highest BCUT2D eigenvalue weighted by molar-refractivity contribution is 6.08. The number of hydrogen-bond acceptors (Lipinski definition) is 4. The number of benzene rings is 3. The van der Waals surface area contributed by atoms with Crippen LogP contribution >= 0.6 is 0 Å². The number of rotatable bonds is 5. The summed E-state index contributed by atoms with van der Waals surface area (Å²) in [4.78, 5) is 35.4. The first-order chi connectivity index (χ1) is 17.8. The minimum Gasteiger partial charge on any atom is -0.478 e. The number of carbonyl (C=O) groups is 3. The number of carboxylic acid groups (broad SMARTS) is 2. The fourth-order valence-electron chi connectivity index (χ4n) is 4.00. The van der Waals surface area contributed by atoms with Crippen molar-refractivity contribution < 1.29 is 42.2 Å². The Morgan fingerprint density at radius 3 is 2.21 bits per heavy atom. The molecule has 0 aliphatic carbocycles. The molecular weight excluding hydrogens is 508 g/mol. The average molecular weight is 532 g/mol. The van der Waals surface area contributed by atoms with Gasteiger partial charge in [-0.3, -0.25) is 4.79 Å². The standard InChI is InChI=1S/C25H23FN2O3.C2HF3O2/c1-16-3-2-4-18(13-16)19-11-12-28(15-19)21-9-10-23(22(14-21)25(30)31)27-24(29)17-5-7-20(26)8-6-17;3-2(4,5)1(6)7/h2-10,13-14,19H,11-12,15H2,1H3,(H,27,29)(H,30,31);(H,6,7). The van der Waals surface area contributed by atoms with E-state index in [0.29, 0.717) is 5.92 Å². The number of nitrogens with zero attached hydrogens (tertiary/aromatic N) is 1. The molecule has 0 radical (unpaired) electrons. The molecule has 0 saturated carbocycles. The molecule has 0 spiro atoms. The van der Waals surface area contributed by atoms with Crippen LogP contribution in [0.15, 0.2) is 66.7 Å². The van der Waals surface area contributed by atoms with E-state index in [1.54, 1.807) is 12.1 Å². The number of halogens is 4. The summed E-state index contributed by atoms with van der Waals surface area (Å²) in [7, 11) is 0. The number of anilines is 2. The summed E-state index contributed by atoms with van der Waals surface area (Å²) in [6.45, 7) is 3.72. The Labute approximate surface area is 215 Å². The van der Waals surface area contributed by atoms with Crippen LogP contribution in [0.1, 0.15) is 44.2 Å². The molecular formula is C27H24F4N2O5. The fraction of sp³-hybridized carbons (Fsp3) is 0.222. The normalized spacial score (nSPS) is 14.9. The number of aryl methyl sites for hydroxylation is 1. The van der Waals surface area contributed by atoms with Crippen LogP contribution in [0, 0.1) is 12.7 Å². The number of carbonyl (C=O) groups excluding carboxylic acids is 1. The van der Waals surface area contributed by atoms with Gasteiger partial charge >= 0.3 is 18.1 Å². The number of hydrogen-bond donors (Lipinski definition) is 3. The zero-order chi connectivity index (χ0) is 28.0. The molecule has 0 aromatic heterocycles. The second kappa shape index (κ2) is 11.8. The van der Waals surface area contributed by atoms with E-state index in [9.17, 15) is 32.3 Å². The third kappa shape index (κ3) is 7.31. The van der Waals surface area contributed by atoms with Crippen molar-refractivity contribution in [3.8, 4) is 0 Å². The Balaban J connectivity index is 0.000000505.